The second kappa shape index (κ2) is 10.0. The SMILES string of the molecule is CCCCCCCC/C=C/C1OC(=O)C1(CC)CCCC. The molecule has 0 aromatic heterocycles. The van der Waals surface area contributed by atoms with Crippen LogP contribution in [-0.4, -0.2) is 12.1 Å². The fourth-order valence-electron chi connectivity index (χ4n) is 3.15. The first kappa shape index (κ1) is 18.3. The number of cyclic esters (lactones) is 1. The molecule has 0 saturated carbocycles. The molecule has 0 N–H and O–H groups in total. The van der Waals surface area contributed by atoms with Gasteiger partial charge in [-0.3, -0.25) is 4.79 Å². The van der Waals surface area contributed by atoms with Crippen LogP contribution in [-0.2, 0) is 9.53 Å². The Labute approximate surface area is 131 Å². The Balaban J connectivity index is 2.26. The second-order valence-electron chi connectivity index (χ2n) is 6.42. The van der Waals surface area contributed by atoms with Crippen LogP contribution in [0.15, 0.2) is 12.2 Å². The van der Waals surface area contributed by atoms with Crippen LogP contribution in [0.1, 0.15) is 91.4 Å². The first-order valence-electron chi connectivity index (χ1n) is 9.09. The lowest BCUT2D eigenvalue weighted by molar-refractivity contribution is -0.200. The highest BCUT2D eigenvalue weighted by Crippen LogP contribution is 2.44. The number of carbonyl (C=O) groups is 1. The standard InChI is InChI=1S/C19H34O2/c1-4-7-9-10-11-12-13-14-15-17-19(6-3,16-8-5-2)18(20)21-17/h14-15,17H,4-13,16H2,1-3H3/b15-14+. The number of carbonyl (C=O) groups excluding carboxylic acids is 1. The minimum absolute atomic E-state index is 0.0210. The van der Waals surface area contributed by atoms with Crippen LogP contribution in [0.2, 0.25) is 0 Å². The normalized spacial score (nSPS) is 25.1. The fraction of sp³-hybridized carbons (Fsp3) is 0.842. The molecule has 1 heterocycles. The molecule has 122 valence electrons. The largest absolute Gasteiger partial charge is 0.456 e. The summed E-state index contributed by atoms with van der Waals surface area (Å²) in [5, 5.41) is 0. The lowest BCUT2D eigenvalue weighted by Crippen LogP contribution is -2.55. The Morgan fingerprint density at radius 3 is 2.29 bits per heavy atom. The first-order chi connectivity index (χ1) is 10.2. The zero-order valence-corrected chi connectivity index (χ0v) is 14.3. The molecule has 21 heavy (non-hydrogen) atoms. The van der Waals surface area contributed by atoms with Gasteiger partial charge in [-0.2, -0.15) is 0 Å². The van der Waals surface area contributed by atoms with Gasteiger partial charge in [0.1, 0.15) is 11.5 Å². The third kappa shape index (κ3) is 5.16. The van der Waals surface area contributed by atoms with Gasteiger partial charge < -0.3 is 4.74 Å². The van der Waals surface area contributed by atoms with Crippen LogP contribution in [0.3, 0.4) is 0 Å². The highest BCUT2D eigenvalue weighted by atomic mass is 16.6. The van der Waals surface area contributed by atoms with Crippen molar-refractivity contribution in [1.29, 1.82) is 0 Å². The van der Waals surface area contributed by atoms with Gasteiger partial charge in [-0.15, -0.1) is 0 Å². The van der Waals surface area contributed by atoms with Gasteiger partial charge in [0.25, 0.3) is 0 Å². The predicted molar refractivity (Wildman–Crippen MR) is 89.3 cm³/mol. The summed E-state index contributed by atoms with van der Waals surface area (Å²) in [6.45, 7) is 6.54. The summed E-state index contributed by atoms with van der Waals surface area (Å²) in [6, 6.07) is 0. The minimum atomic E-state index is -0.215. The Hall–Kier alpha value is -0.790. The zero-order valence-electron chi connectivity index (χ0n) is 14.3. The van der Waals surface area contributed by atoms with E-state index < -0.39 is 0 Å². The van der Waals surface area contributed by atoms with Crippen molar-refractivity contribution in [3.05, 3.63) is 12.2 Å². The van der Waals surface area contributed by atoms with E-state index in [1.165, 1.54) is 38.5 Å². The number of allylic oxidation sites excluding steroid dienone is 1. The van der Waals surface area contributed by atoms with Gasteiger partial charge in [0.15, 0.2) is 0 Å². The molecule has 0 bridgehead atoms. The van der Waals surface area contributed by atoms with Crippen LogP contribution < -0.4 is 0 Å². The Morgan fingerprint density at radius 1 is 1.00 bits per heavy atom. The molecule has 0 amide bonds. The third-order valence-corrected chi connectivity index (χ3v) is 4.83. The molecular formula is C19H34O2. The average molecular weight is 294 g/mol. The molecule has 2 nitrogen and oxygen atoms in total. The number of hydrogen-bond donors (Lipinski definition) is 0. The number of esters is 1. The summed E-state index contributed by atoms with van der Waals surface area (Å²) in [5.41, 5.74) is -0.215. The van der Waals surface area contributed by atoms with E-state index in [4.69, 9.17) is 4.74 Å². The van der Waals surface area contributed by atoms with Gasteiger partial charge in [-0.05, 0) is 31.8 Å². The maximum absolute atomic E-state index is 11.9. The Morgan fingerprint density at radius 2 is 1.67 bits per heavy atom. The Bertz CT molecular complexity index is 322. The number of hydrogen-bond acceptors (Lipinski definition) is 2. The van der Waals surface area contributed by atoms with Crippen molar-refractivity contribution in [1.82, 2.24) is 0 Å². The summed E-state index contributed by atoms with van der Waals surface area (Å²) < 4.78 is 5.38. The summed E-state index contributed by atoms with van der Waals surface area (Å²) in [4.78, 5) is 11.9. The van der Waals surface area contributed by atoms with E-state index in [0.29, 0.717) is 0 Å². The maximum Gasteiger partial charge on any atom is 0.316 e. The van der Waals surface area contributed by atoms with E-state index in [9.17, 15) is 4.79 Å². The molecule has 1 rings (SSSR count). The van der Waals surface area contributed by atoms with E-state index in [2.05, 4.69) is 32.9 Å². The minimum Gasteiger partial charge on any atom is -0.456 e. The maximum atomic E-state index is 11.9. The molecule has 2 unspecified atom stereocenters. The first-order valence-corrected chi connectivity index (χ1v) is 9.09. The predicted octanol–water partition coefficient (Wildman–Crippen LogP) is 5.81. The van der Waals surface area contributed by atoms with Crippen molar-refractivity contribution < 1.29 is 9.53 Å². The van der Waals surface area contributed by atoms with Gasteiger partial charge >= 0.3 is 5.97 Å². The van der Waals surface area contributed by atoms with E-state index in [1.54, 1.807) is 0 Å². The Kier molecular flexibility index (Phi) is 8.72. The van der Waals surface area contributed by atoms with Gasteiger partial charge in [-0.25, -0.2) is 0 Å². The highest BCUT2D eigenvalue weighted by molar-refractivity contribution is 5.83. The summed E-state index contributed by atoms with van der Waals surface area (Å²) in [5.74, 6) is 0.0210. The van der Waals surface area contributed by atoms with E-state index in [0.717, 1.165) is 32.1 Å². The topological polar surface area (TPSA) is 26.3 Å². The third-order valence-electron chi connectivity index (χ3n) is 4.83. The van der Waals surface area contributed by atoms with E-state index in [-0.39, 0.29) is 17.5 Å². The molecule has 2 atom stereocenters. The quantitative estimate of drug-likeness (QED) is 0.258. The summed E-state index contributed by atoms with van der Waals surface area (Å²) >= 11 is 0. The van der Waals surface area contributed by atoms with Crippen LogP contribution in [0.4, 0.5) is 0 Å². The zero-order chi connectivity index (χ0) is 15.6. The molecule has 0 aromatic carbocycles. The van der Waals surface area contributed by atoms with E-state index in [1.807, 2.05) is 0 Å². The lowest BCUT2D eigenvalue weighted by Gasteiger charge is -2.45. The van der Waals surface area contributed by atoms with Crippen molar-refractivity contribution in [2.45, 2.75) is 97.5 Å². The highest BCUT2D eigenvalue weighted by Gasteiger charge is 2.54. The van der Waals surface area contributed by atoms with Crippen LogP contribution >= 0.6 is 0 Å². The second-order valence-corrected chi connectivity index (χ2v) is 6.42. The fourth-order valence-corrected chi connectivity index (χ4v) is 3.15. The van der Waals surface area contributed by atoms with Gasteiger partial charge in [0, 0.05) is 0 Å². The van der Waals surface area contributed by atoms with Gasteiger partial charge in [-0.1, -0.05) is 71.8 Å². The summed E-state index contributed by atoms with van der Waals surface area (Å²) in [6.07, 6.45) is 17.6. The summed E-state index contributed by atoms with van der Waals surface area (Å²) in [7, 11) is 0. The molecule has 0 aromatic rings. The molecule has 0 spiro atoms. The molecule has 2 heteroatoms. The molecule has 1 aliphatic heterocycles. The number of rotatable bonds is 12. The van der Waals surface area contributed by atoms with Crippen molar-refractivity contribution in [3.8, 4) is 0 Å². The molecule has 1 fully saturated rings. The van der Waals surface area contributed by atoms with Crippen molar-refractivity contribution in [3.63, 3.8) is 0 Å². The molecular weight excluding hydrogens is 260 g/mol. The number of unbranched alkanes of at least 4 members (excludes halogenated alkanes) is 7. The molecule has 1 saturated heterocycles. The monoisotopic (exact) mass is 294 g/mol. The average Bonchev–Trinajstić information content (AvgIpc) is 2.49. The van der Waals surface area contributed by atoms with Gasteiger partial charge in [0.05, 0.1) is 0 Å². The van der Waals surface area contributed by atoms with E-state index >= 15 is 0 Å². The van der Waals surface area contributed by atoms with Gasteiger partial charge in [0.2, 0.25) is 0 Å². The smallest absolute Gasteiger partial charge is 0.316 e. The van der Waals surface area contributed by atoms with Crippen LogP contribution in [0.5, 0.6) is 0 Å². The molecule has 1 aliphatic rings. The molecule has 0 radical (unpaired) electrons. The van der Waals surface area contributed by atoms with Crippen molar-refractivity contribution >= 4 is 5.97 Å². The lowest BCUT2D eigenvalue weighted by atomic mass is 9.71. The van der Waals surface area contributed by atoms with Crippen molar-refractivity contribution in [2.24, 2.45) is 5.41 Å². The van der Waals surface area contributed by atoms with Crippen LogP contribution in [0.25, 0.3) is 0 Å². The number of ether oxygens (including phenoxy) is 1. The molecule has 0 aliphatic carbocycles. The van der Waals surface area contributed by atoms with Crippen LogP contribution in [0, 0.1) is 5.41 Å². The van der Waals surface area contributed by atoms with Crippen molar-refractivity contribution in [2.75, 3.05) is 0 Å².